The van der Waals surface area contributed by atoms with Crippen molar-refractivity contribution < 1.29 is 0 Å². The predicted molar refractivity (Wildman–Crippen MR) is 189 cm³/mol. The van der Waals surface area contributed by atoms with Crippen LogP contribution < -0.4 is 0 Å². The molecule has 2 aromatic carbocycles. The highest BCUT2D eigenvalue weighted by Crippen LogP contribution is 2.44. The molecule has 2 saturated carbocycles. The molecule has 2 unspecified atom stereocenters. The van der Waals surface area contributed by atoms with Crippen molar-refractivity contribution in [2.75, 3.05) is 0 Å². The molecule has 2 aromatic rings. The fourth-order valence-electron chi connectivity index (χ4n) is 6.13. The van der Waals surface area contributed by atoms with E-state index < -0.39 is 0 Å². The molecule has 0 saturated heterocycles. The Balaban J connectivity index is 0.000000505. The van der Waals surface area contributed by atoms with Gasteiger partial charge in [-0.1, -0.05) is 189 Å². The summed E-state index contributed by atoms with van der Waals surface area (Å²) < 4.78 is 0. The maximum Gasteiger partial charge on any atom is -0.0219 e. The minimum absolute atomic E-state index is 0.553. The second kappa shape index (κ2) is 21.2. The summed E-state index contributed by atoms with van der Waals surface area (Å²) in [5.74, 6) is 4.34. The zero-order valence-corrected chi connectivity index (χ0v) is 30.0. The Morgan fingerprint density at radius 2 is 0.951 bits per heavy atom. The molecule has 0 aliphatic heterocycles. The van der Waals surface area contributed by atoms with E-state index in [1.165, 1.54) is 68.9 Å². The largest absolute Gasteiger partial charge is 0.0656 e. The SMILES string of the molecule is CC(C)(C)C1CCCC1.CC(C)c1ccccc1.CC(C)c1ccccc1.CCC.CCC1CCCC1C(C)(C)C. The number of hydrogen-bond acceptors (Lipinski definition) is 0. The van der Waals surface area contributed by atoms with E-state index in [4.69, 9.17) is 0 Å². The quantitative estimate of drug-likeness (QED) is 0.348. The van der Waals surface area contributed by atoms with Crippen molar-refractivity contribution in [3.63, 3.8) is 0 Å². The normalized spacial score (nSPS) is 18.7. The van der Waals surface area contributed by atoms with Gasteiger partial charge in [-0.05, 0) is 70.8 Å². The lowest BCUT2D eigenvalue weighted by Crippen LogP contribution is -2.23. The molecule has 0 radical (unpaired) electrons. The van der Waals surface area contributed by atoms with E-state index >= 15 is 0 Å². The van der Waals surface area contributed by atoms with E-state index in [1.54, 1.807) is 0 Å². The summed E-state index contributed by atoms with van der Waals surface area (Å²) in [6.45, 7) is 29.7. The average molecular weight is 565 g/mol. The Morgan fingerprint density at radius 3 is 1.17 bits per heavy atom. The molecule has 2 atom stereocenters. The van der Waals surface area contributed by atoms with Gasteiger partial charge in [-0.3, -0.25) is 0 Å². The van der Waals surface area contributed by atoms with Gasteiger partial charge in [0.2, 0.25) is 0 Å². The Labute approximate surface area is 259 Å². The van der Waals surface area contributed by atoms with Gasteiger partial charge in [0.05, 0.1) is 0 Å². The van der Waals surface area contributed by atoms with Crippen LogP contribution in [-0.2, 0) is 0 Å². The van der Waals surface area contributed by atoms with Gasteiger partial charge >= 0.3 is 0 Å². The van der Waals surface area contributed by atoms with Crippen LogP contribution in [0.1, 0.15) is 171 Å². The van der Waals surface area contributed by atoms with Crippen molar-refractivity contribution in [3.05, 3.63) is 71.8 Å². The molecule has 2 fully saturated rings. The van der Waals surface area contributed by atoms with Gasteiger partial charge in [0.25, 0.3) is 0 Å². The molecule has 0 bridgehead atoms. The van der Waals surface area contributed by atoms with E-state index in [0.717, 1.165) is 17.8 Å². The zero-order chi connectivity index (χ0) is 31.5. The summed E-state index contributed by atoms with van der Waals surface area (Å²) in [4.78, 5) is 0. The molecule has 2 aliphatic rings. The molecule has 0 nitrogen and oxygen atoms in total. The van der Waals surface area contributed by atoms with Crippen molar-refractivity contribution in [2.45, 2.75) is 160 Å². The highest BCUT2D eigenvalue weighted by atomic mass is 14.4. The van der Waals surface area contributed by atoms with Crippen LogP contribution in [0.4, 0.5) is 0 Å². The number of rotatable bonds is 3. The Kier molecular flexibility index (Phi) is 20.4. The first kappa shape index (κ1) is 39.4. The van der Waals surface area contributed by atoms with Crippen molar-refractivity contribution in [1.82, 2.24) is 0 Å². The van der Waals surface area contributed by atoms with Crippen LogP contribution in [0.15, 0.2) is 60.7 Å². The van der Waals surface area contributed by atoms with Gasteiger partial charge in [-0.2, -0.15) is 0 Å². The third-order valence-corrected chi connectivity index (χ3v) is 8.81. The van der Waals surface area contributed by atoms with Crippen molar-refractivity contribution >= 4 is 0 Å². The maximum absolute atomic E-state index is 2.39. The molecular formula is C41H72. The van der Waals surface area contributed by atoms with Crippen molar-refractivity contribution in [1.29, 1.82) is 0 Å². The lowest BCUT2D eigenvalue weighted by Gasteiger charge is -2.31. The third-order valence-electron chi connectivity index (χ3n) is 8.81. The lowest BCUT2D eigenvalue weighted by molar-refractivity contribution is 0.182. The van der Waals surface area contributed by atoms with Crippen LogP contribution in [0.5, 0.6) is 0 Å². The van der Waals surface area contributed by atoms with Crippen molar-refractivity contribution in [3.8, 4) is 0 Å². The maximum atomic E-state index is 2.39. The topological polar surface area (TPSA) is 0 Å². The van der Waals surface area contributed by atoms with E-state index in [0.29, 0.717) is 22.7 Å². The fourth-order valence-corrected chi connectivity index (χ4v) is 6.13. The smallest absolute Gasteiger partial charge is 0.0219 e. The van der Waals surface area contributed by atoms with E-state index in [-0.39, 0.29) is 0 Å². The molecule has 0 heterocycles. The first-order valence-corrected chi connectivity index (χ1v) is 17.3. The highest BCUT2D eigenvalue weighted by Gasteiger charge is 2.34. The summed E-state index contributed by atoms with van der Waals surface area (Å²) in [6.07, 6.45) is 13.0. The minimum atomic E-state index is 0.553. The molecule has 236 valence electrons. The Bertz CT molecular complexity index is 782. The van der Waals surface area contributed by atoms with Gasteiger partial charge < -0.3 is 0 Å². The van der Waals surface area contributed by atoms with Crippen LogP contribution in [-0.4, -0.2) is 0 Å². The van der Waals surface area contributed by atoms with E-state index in [9.17, 15) is 0 Å². The van der Waals surface area contributed by atoms with E-state index in [1.807, 2.05) is 12.1 Å². The fraction of sp³-hybridized carbons (Fsp3) is 0.707. The molecule has 0 N–H and O–H groups in total. The summed E-state index contributed by atoms with van der Waals surface area (Å²) in [6, 6.07) is 21.0. The lowest BCUT2D eigenvalue weighted by atomic mass is 9.74. The molecule has 0 aromatic heterocycles. The Morgan fingerprint density at radius 1 is 0.561 bits per heavy atom. The molecular weight excluding hydrogens is 492 g/mol. The molecule has 0 spiro atoms. The Hall–Kier alpha value is -1.56. The highest BCUT2D eigenvalue weighted by molar-refractivity contribution is 5.18. The minimum Gasteiger partial charge on any atom is -0.0656 e. The van der Waals surface area contributed by atoms with E-state index in [2.05, 4.69) is 139 Å². The van der Waals surface area contributed by atoms with Crippen LogP contribution in [0, 0.1) is 28.6 Å². The van der Waals surface area contributed by atoms with Crippen LogP contribution in [0.3, 0.4) is 0 Å². The van der Waals surface area contributed by atoms with Gasteiger partial charge in [0, 0.05) is 0 Å². The van der Waals surface area contributed by atoms with Crippen LogP contribution >= 0.6 is 0 Å². The van der Waals surface area contributed by atoms with Crippen LogP contribution in [0.25, 0.3) is 0 Å². The second-order valence-electron chi connectivity index (χ2n) is 15.3. The van der Waals surface area contributed by atoms with Gasteiger partial charge in [-0.15, -0.1) is 0 Å². The first-order valence-electron chi connectivity index (χ1n) is 17.3. The third kappa shape index (κ3) is 17.9. The number of hydrogen-bond donors (Lipinski definition) is 0. The summed E-state index contributed by atoms with van der Waals surface area (Å²) in [5.41, 5.74) is 3.96. The standard InChI is InChI=1S/C11H22.C9H18.2C9H12.C3H8/c1-5-9-7-6-8-10(9)11(2,3)4;1-9(2,3)8-6-4-5-7-8;2*1-8(2)9-6-4-3-5-7-9;1-3-2/h9-10H,5-8H2,1-4H3;8H,4-7H2,1-3H3;2*3-8H,1-2H3;3H2,1-2H3. The summed E-state index contributed by atoms with van der Waals surface area (Å²) in [7, 11) is 0. The van der Waals surface area contributed by atoms with Crippen LogP contribution in [0.2, 0.25) is 0 Å². The predicted octanol–water partition coefficient (Wildman–Crippen LogP) is 14.1. The van der Waals surface area contributed by atoms with Gasteiger partial charge in [0.1, 0.15) is 0 Å². The zero-order valence-electron chi connectivity index (χ0n) is 30.0. The summed E-state index contributed by atoms with van der Waals surface area (Å²) >= 11 is 0. The molecule has 0 heteroatoms. The van der Waals surface area contributed by atoms with Gasteiger partial charge in [0.15, 0.2) is 0 Å². The monoisotopic (exact) mass is 565 g/mol. The van der Waals surface area contributed by atoms with Gasteiger partial charge in [-0.25, -0.2) is 0 Å². The average Bonchev–Trinajstić information content (AvgIpc) is 3.64. The van der Waals surface area contributed by atoms with Crippen molar-refractivity contribution in [2.24, 2.45) is 28.6 Å². The number of benzene rings is 2. The second-order valence-corrected chi connectivity index (χ2v) is 15.3. The summed E-state index contributed by atoms with van der Waals surface area (Å²) in [5, 5.41) is 0. The first-order chi connectivity index (χ1) is 19.2. The molecule has 0 amide bonds. The molecule has 4 rings (SSSR count). The molecule has 41 heavy (non-hydrogen) atoms. The molecule has 2 aliphatic carbocycles.